The molecule has 136 valence electrons. The molecule has 6 nitrogen and oxygen atoms in total. The lowest BCUT2D eigenvalue weighted by Crippen LogP contribution is -2.51. The number of hydrogen-bond acceptors (Lipinski definition) is 6. The van der Waals surface area contributed by atoms with Crippen LogP contribution in [-0.4, -0.2) is 97.0 Å². The molecule has 0 aromatic heterocycles. The first-order valence-electron chi connectivity index (χ1n) is 9.42. The Balaban J connectivity index is 1.86. The second-order valence-electron chi connectivity index (χ2n) is 6.46. The van der Waals surface area contributed by atoms with Crippen molar-refractivity contribution in [2.24, 2.45) is 0 Å². The number of hydrogen-bond donors (Lipinski definition) is 2. The molecule has 0 saturated carbocycles. The van der Waals surface area contributed by atoms with Gasteiger partial charge in [-0.1, -0.05) is 0 Å². The third kappa shape index (κ3) is 6.78. The Kier molecular flexibility index (Phi) is 9.03. The highest BCUT2D eigenvalue weighted by molar-refractivity contribution is 6.67. The third-order valence-electron chi connectivity index (χ3n) is 4.85. The molecule has 0 atom stereocenters. The molecular weight excluding hydrogens is 308 g/mol. The van der Waals surface area contributed by atoms with Gasteiger partial charge in [0.25, 0.3) is 0 Å². The van der Waals surface area contributed by atoms with Crippen LogP contribution in [0.3, 0.4) is 0 Å². The Hall–Kier alpha value is -0.0231. The second kappa shape index (κ2) is 10.8. The van der Waals surface area contributed by atoms with Crippen molar-refractivity contribution in [3.63, 3.8) is 0 Å². The highest BCUT2D eigenvalue weighted by atomic mass is 28.4. The molecule has 7 heteroatoms. The van der Waals surface area contributed by atoms with Crippen LogP contribution in [0.2, 0.25) is 12.1 Å². The monoisotopic (exact) mass is 344 g/mol. The number of nitrogens with one attached hydrogen (secondary N) is 2. The van der Waals surface area contributed by atoms with Crippen LogP contribution in [0.4, 0.5) is 0 Å². The molecule has 0 radical (unpaired) electrons. The van der Waals surface area contributed by atoms with Gasteiger partial charge in [-0.05, 0) is 13.8 Å². The van der Waals surface area contributed by atoms with E-state index in [4.69, 9.17) is 8.85 Å². The van der Waals surface area contributed by atoms with Crippen molar-refractivity contribution >= 4 is 8.56 Å². The molecule has 0 aromatic carbocycles. The minimum Gasteiger partial charge on any atom is -0.394 e. The van der Waals surface area contributed by atoms with Crippen LogP contribution in [0.15, 0.2) is 0 Å². The predicted molar refractivity (Wildman–Crippen MR) is 97.2 cm³/mol. The summed E-state index contributed by atoms with van der Waals surface area (Å²) in [4.78, 5) is 5.11. The van der Waals surface area contributed by atoms with Gasteiger partial charge < -0.3 is 29.3 Å². The van der Waals surface area contributed by atoms with Crippen LogP contribution < -0.4 is 10.6 Å². The van der Waals surface area contributed by atoms with Gasteiger partial charge in [0.15, 0.2) is 0 Å². The van der Waals surface area contributed by atoms with E-state index in [0.717, 1.165) is 90.7 Å². The molecule has 2 heterocycles. The average Bonchev–Trinajstić information content (AvgIpc) is 2.60. The maximum absolute atomic E-state index is 6.28. The summed E-state index contributed by atoms with van der Waals surface area (Å²) in [6, 6.07) is 2.20. The average molecular weight is 345 g/mol. The normalized spacial score (nSPS) is 21.7. The SMILES string of the molecule is CCO[Si](CCN1CCNCC1)(CCN1CCNCC1)OCC. The van der Waals surface area contributed by atoms with Crippen LogP contribution in [0.5, 0.6) is 0 Å². The van der Waals surface area contributed by atoms with Gasteiger partial charge in [0.1, 0.15) is 0 Å². The lowest BCUT2D eigenvalue weighted by molar-refractivity contribution is 0.163. The van der Waals surface area contributed by atoms with E-state index < -0.39 is 8.56 Å². The second-order valence-corrected chi connectivity index (χ2v) is 9.86. The summed E-state index contributed by atoms with van der Waals surface area (Å²) in [5.74, 6) is 0. The first-order valence-corrected chi connectivity index (χ1v) is 11.6. The Bertz CT molecular complexity index is 280. The Morgan fingerprint density at radius 2 is 1.13 bits per heavy atom. The van der Waals surface area contributed by atoms with E-state index in [0.29, 0.717) is 0 Å². The molecule has 2 saturated heterocycles. The van der Waals surface area contributed by atoms with Gasteiger partial charge in [-0.25, -0.2) is 0 Å². The van der Waals surface area contributed by atoms with Crippen molar-refractivity contribution in [1.29, 1.82) is 0 Å². The van der Waals surface area contributed by atoms with Crippen molar-refractivity contribution in [3.05, 3.63) is 0 Å². The third-order valence-corrected chi connectivity index (χ3v) is 8.45. The highest BCUT2D eigenvalue weighted by Gasteiger charge is 2.37. The van der Waals surface area contributed by atoms with Crippen molar-refractivity contribution in [1.82, 2.24) is 20.4 Å². The Morgan fingerprint density at radius 1 is 0.739 bits per heavy atom. The smallest absolute Gasteiger partial charge is 0.340 e. The molecule has 0 bridgehead atoms. The fourth-order valence-electron chi connectivity index (χ4n) is 3.51. The molecule has 23 heavy (non-hydrogen) atoms. The van der Waals surface area contributed by atoms with Crippen molar-refractivity contribution in [3.8, 4) is 0 Å². The van der Waals surface area contributed by atoms with E-state index in [1.54, 1.807) is 0 Å². The topological polar surface area (TPSA) is 49.0 Å². The largest absolute Gasteiger partial charge is 0.394 e. The zero-order valence-electron chi connectivity index (χ0n) is 15.1. The highest BCUT2D eigenvalue weighted by Crippen LogP contribution is 2.21. The molecule has 0 aromatic rings. The standard InChI is InChI=1S/C16H36N4O2Si/c1-3-21-23(22-4-2,15-13-19-9-5-17-6-10-19)16-14-20-11-7-18-8-12-20/h17-18H,3-16H2,1-2H3. The van der Waals surface area contributed by atoms with Gasteiger partial charge >= 0.3 is 8.56 Å². The molecule has 2 aliphatic heterocycles. The quantitative estimate of drug-likeness (QED) is 0.557. The zero-order chi connectivity index (χ0) is 16.4. The lowest BCUT2D eigenvalue weighted by Gasteiger charge is -2.36. The number of rotatable bonds is 10. The molecule has 2 fully saturated rings. The zero-order valence-corrected chi connectivity index (χ0v) is 16.1. The summed E-state index contributed by atoms with van der Waals surface area (Å²) in [5, 5.41) is 6.85. The predicted octanol–water partition coefficient (Wildman–Crippen LogP) is 0.312. The van der Waals surface area contributed by atoms with Gasteiger partial charge in [-0.3, -0.25) is 0 Å². The number of piperazine rings is 2. The van der Waals surface area contributed by atoms with Gasteiger partial charge in [0.05, 0.1) is 0 Å². The molecule has 0 amide bonds. The first kappa shape index (κ1) is 19.3. The summed E-state index contributed by atoms with van der Waals surface area (Å²) in [6.45, 7) is 17.1. The molecule has 2 N–H and O–H groups in total. The first-order chi connectivity index (χ1) is 11.3. The summed E-state index contributed by atoms with van der Waals surface area (Å²) >= 11 is 0. The van der Waals surface area contributed by atoms with Gasteiger partial charge in [-0.15, -0.1) is 0 Å². The minimum atomic E-state index is -2.09. The van der Waals surface area contributed by atoms with Gasteiger partial charge in [-0.2, -0.15) is 0 Å². The van der Waals surface area contributed by atoms with E-state index in [1.165, 1.54) is 0 Å². The van der Waals surface area contributed by atoms with E-state index in [1.807, 2.05) is 0 Å². The number of nitrogens with zero attached hydrogens (tertiary/aromatic N) is 2. The minimum absolute atomic E-state index is 0.773. The summed E-state index contributed by atoms with van der Waals surface area (Å²) in [6.07, 6.45) is 0. The van der Waals surface area contributed by atoms with Crippen LogP contribution in [0.1, 0.15) is 13.8 Å². The fourth-order valence-corrected chi connectivity index (χ4v) is 6.78. The van der Waals surface area contributed by atoms with E-state index in [-0.39, 0.29) is 0 Å². The van der Waals surface area contributed by atoms with Crippen molar-refractivity contribution < 1.29 is 8.85 Å². The van der Waals surface area contributed by atoms with Gasteiger partial charge in [0.2, 0.25) is 0 Å². The van der Waals surface area contributed by atoms with Crippen LogP contribution in [0, 0.1) is 0 Å². The van der Waals surface area contributed by atoms with Crippen LogP contribution >= 0.6 is 0 Å². The molecule has 2 aliphatic rings. The Labute approximate surface area is 143 Å². The molecular formula is C16H36N4O2Si. The van der Waals surface area contributed by atoms with E-state index >= 15 is 0 Å². The maximum atomic E-state index is 6.28. The van der Waals surface area contributed by atoms with Gasteiger partial charge in [0, 0.05) is 90.7 Å². The van der Waals surface area contributed by atoms with E-state index in [9.17, 15) is 0 Å². The van der Waals surface area contributed by atoms with Crippen LogP contribution in [0.25, 0.3) is 0 Å². The Morgan fingerprint density at radius 3 is 1.48 bits per heavy atom. The molecule has 0 unspecified atom stereocenters. The summed E-state index contributed by atoms with van der Waals surface area (Å²) in [5.41, 5.74) is 0. The fraction of sp³-hybridized carbons (Fsp3) is 1.00. The summed E-state index contributed by atoms with van der Waals surface area (Å²) < 4.78 is 12.6. The molecule has 2 rings (SSSR count). The van der Waals surface area contributed by atoms with E-state index in [2.05, 4.69) is 34.3 Å². The summed E-state index contributed by atoms with van der Waals surface area (Å²) in [7, 11) is -2.09. The van der Waals surface area contributed by atoms with Crippen molar-refractivity contribution in [2.75, 3.05) is 78.7 Å². The maximum Gasteiger partial charge on any atom is 0.340 e. The lowest BCUT2D eigenvalue weighted by atomic mass is 10.4. The molecule has 0 spiro atoms. The molecule has 0 aliphatic carbocycles. The van der Waals surface area contributed by atoms with Crippen LogP contribution in [-0.2, 0) is 8.85 Å². The van der Waals surface area contributed by atoms with Crippen molar-refractivity contribution in [2.45, 2.75) is 25.9 Å².